The smallest absolute Gasteiger partial charge is 0.118 e. The van der Waals surface area contributed by atoms with Crippen LogP contribution in [0.2, 0.25) is 0 Å². The zero-order chi connectivity index (χ0) is 23.6. The number of morpholine rings is 1. The second kappa shape index (κ2) is 12.5. The number of hydrogen-bond acceptors (Lipinski definition) is 4. The Hall–Kier alpha value is -2.92. The molecule has 1 fully saturated rings. The van der Waals surface area contributed by atoms with Crippen molar-refractivity contribution < 1.29 is 9.47 Å². The van der Waals surface area contributed by atoms with E-state index in [1.807, 2.05) is 0 Å². The standard InChI is InChI=1S/C30H36N2O2/c1-25(26-13-15-29(33-2)16-14-26)32(20-19-31-21-23-34-24-22-31)18-17-30(27-9-5-3-6-10-27)28-11-7-4-8-12-28/h3-17,25H,18-24H2,1-2H3/t25-/m1/s1. The van der Waals surface area contributed by atoms with Gasteiger partial charge in [-0.15, -0.1) is 0 Å². The van der Waals surface area contributed by atoms with Crippen LogP contribution < -0.4 is 4.74 Å². The molecule has 0 radical (unpaired) electrons. The van der Waals surface area contributed by atoms with Gasteiger partial charge < -0.3 is 9.47 Å². The lowest BCUT2D eigenvalue weighted by Gasteiger charge is -2.33. The van der Waals surface area contributed by atoms with Gasteiger partial charge in [-0.1, -0.05) is 78.9 Å². The summed E-state index contributed by atoms with van der Waals surface area (Å²) in [5.74, 6) is 0.895. The average molecular weight is 457 g/mol. The normalized spacial score (nSPS) is 15.1. The number of ether oxygens (including phenoxy) is 2. The molecule has 0 saturated carbocycles. The molecule has 4 heteroatoms. The van der Waals surface area contributed by atoms with Gasteiger partial charge in [0.2, 0.25) is 0 Å². The predicted octanol–water partition coefficient (Wildman–Crippen LogP) is 5.52. The summed E-state index contributed by atoms with van der Waals surface area (Å²) in [7, 11) is 1.71. The number of benzene rings is 3. The van der Waals surface area contributed by atoms with E-state index < -0.39 is 0 Å². The van der Waals surface area contributed by atoms with Gasteiger partial charge in [0.1, 0.15) is 5.75 Å². The Kier molecular flexibility index (Phi) is 8.91. The van der Waals surface area contributed by atoms with Crippen LogP contribution >= 0.6 is 0 Å². The predicted molar refractivity (Wildman–Crippen MR) is 140 cm³/mol. The SMILES string of the molecule is COc1ccc([C@@H](C)N(CC=C(c2ccccc2)c2ccccc2)CCN2CCOCC2)cc1. The molecule has 0 bridgehead atoms. The fourth-order valence-corrected chi connectivity index (χ4v) is 4.48. The van der Waals surface area contributed by atoms with Crippen molar-refractivity contribution in [2.75, 3.05) is 53.0 Å². The highest BCUT2D eigenvalue weighted by molar-refractivity contribution is 5.79. The minimum Gasteiger partial charge on any atom is -0.497 e. The number of methoxy groups -OCH3 is 1. The molecule has 1 heterocycles. The molecule has 1 aliphatic rings. The van der Waals surface area contributed by atoms with Crippen molar-refractivity contribution in [1.82, 2.24) is 9.80 Å². The molecule has 1 atom stereocenters. The first kappa shape index (κ1) is 24.2. The van der Waals surface area contributed by atoms with Crippen LogP contribution in [0.5, 0.6) is 5.75 Å². The van der Waals surface area contributed by atoms with Crippen molar-refractivity contribution in [1.29, 1.82) is 0 Å². The van der Waals surface area contributed by atoms with Crippen molar-refractivity contribution >= 4 is 5.57 Å². The molecule has 0 aliphatic carbocycles. The van der Waals surface area contributed by atoms with Gasteiger partial charge in [-0.3, -0.25) is 9.80 Å². The average Bonchev–Trinajstić information content (AvgIpc) is 2.92. The minimum absolute atomic E-state index is 0.288. The van der Waals surface area contributed by atoms with Crippen molar-refractivity contribution in [2.45, 2.75) is 13.0 Å². The quantitative estimate of drug-likeness (QED) is 0.401. The van der Waals surface area contributed by atoms with Gasteiger partial charge in [0.05, 0.1) is 20.3 Å². The number of hydrogen-bond donors (Lipinski definition) is 0. The van der Waals surface area contributed by atoms with Gasteiger partial charge in [-0.2, -0.15) is 0 Å². The van der Waals surface area contributed by atoms with Gasteiger partial charge in [-0.25, -0.2) is 0 Å². The maximum absolute atomic E-state index is 5.55. The van der Waals surface area contributed by atoms with Crippen molar-refractivity contribution in [3.05, 3.63) is 108 Å². The van der Waals surface area contributed by atoms with Crippen molar-refractivity contribution in [3.63, 3.8) is 0 Å². The molecule has 3 aromatic rings. The van der Waals surface area contributed by atoms with Gasteiger partial charge in [-0.05, 0) is 41.3 Å². The van der Waals surface area contributed by atoms with Crippen LogP contribution in [0.3, 0.4) is 0 Å². The first-order chi connectivity index (χ1) is 16.7. The Bertz CT molecular complexity index is 971. The molecular weight excluding hydrogens is 420 g/mol. The van der Waals surface area contributed by atoms with Crippen LogP contribution in [0.1, 0.15) is 29.7 Å². The van der Waals surface area contributed by atoms with Crippen LogP contribution in [-0.2, 0) is 4.74 Å². The van der Waals surface area contributed by atoms with Gasteiger partial charge >= 0.3 is 0 Å². The molecule has 0 amide bonds. The van der Waals surface area contributed by atoms with E-state index >= 15 is 0 Å². The molecule has 0 aromatic heterocycles. The van der Waals surface area contributed by atoms with Crippen molar-refractivity contribution in [2.24, 2.45) is 0 Å². The zero-order valence-electron chi connectivity index (χ0n) is 20.4. The van der Waals surface area contributed by atoms with Crippen LogP contribution in [0.25, 0.3) is 5.57 Å². The Labute approximate surface area is 204 Å². The van der Waals surface area contributed by atoms with E-state index in [2.05, 4.69) is 108 Å². The third kappa shape index (κ3) is 6.57. The molecular formula is C30H36N2O2. The Morgan fingerprint density at radius 2 is 1.50 bits per heavy atom. The van der Waals surface area contributed by atoms with E-state index in [1.54, 1.807) is 7.11 Å². The van der Waals surface area contributed by atoms with E-state index in [9.17, 15) is 0 Å². The maximum Gasteiger partial charge on any atom is 0.118 e. The van der Waals surface area contributed by atoms with Crippen molar-refractivity contribution in [3.8, 4) is 5.75 Å². The number of nitrogens with zero attached hydrogens (tertiary/aromatic N) is 2. The highest BCUT2D eigenvalue weighted by atomic mass is 16.5. The third-order valence-corrected chi connectivity index (χ3v) is 6.65. The third-order valence-electron chi connectivity index (χ3n) is 6.65. The van der Waals surface area contributed by atoms with Crippen LogP contribution in [0.15, 0.2) is 91.0 Å². The maximum atomic E-state index is 5.55. The van der Waals surface area contributed by atoms with E-state index in [0.29, 0.717) is 0 Å². The Morgan fingerprint density at radius 3 is 2.06 bits per heavy atom. The van der Waals surface area contributed by atoms with Gasteiger partial charge in [0.25, 0.3) is 0 Å². The van der Waals surface area contributed by atoms with Crippen LogP contribution in [-0.4, -0.2) is 62.8 Å². The van der Waals surface area contributed by atoms with Gasteiger partial charge in [0.15, 0.2) is 0 Å². The summed E-state index contributed by atoms with van der Waals surface area (Å²) in [5.41, 5.74) is 5.08. The Morgan fingerprint density at radius 1 is 0.912 bits per heavy atom. The highest BCUT2D eigenvalue weighted by Gasteiger charge is 2.18. The fourth-order valence-electron chi connectivity index (χ4n) is 4.48. The number of rotatable bonds is 10. The van der Waals surface area contributed by atoms with E-state index in [-0.39, 0.29) is 6.04 Å². The zero-order valence-corrected chi connectivity index (χ0v) is 20.4. The summed E-state index contributed by atoms with van der Waals surface area (Å²) in [4.78, 5) is 5.08. The molecule has 0 unspecified atom stereocenters. The summed E-state index contributed by atoms with van der Waals surface area (Å²) in [5, 5.41) is 0. The molecule has 0 spiro atoms. The summed E-state index contributed by atoms with van der Waals surface area (Å²) in [6.45, 7) is 8.92. The molecule has 34 heavy (non-hydrogen) atoms. The second-order valence-corrected chi connectivity index (χ2v) is 8.75. The molecule has 4 nitrogen and oxygen atoms in total. The van der Waals surface area contributed by atoms with Crippen LogP contribution in [0.4, 0.5) is 0 Å². The fraction of sp³-hybridized carbons (Fsp3) is 0.333. The highest BCUT2D eigenvalue weighted by Crippen LogP contribution is 2.26. The molecule has 0 N–H and O–H groups in total. The summed E-state index contributed by atoms with van der Waals surface area (Å²) in [6, 6.07) is 30.2. The molecule has 3 aromatic carbocycles. The molecule has 1 aliphatic heterocycles. The van der Waals surface area contributed by atoms with E-state index in [0.717, 1.165) is 51.7 Å². The second-order valence-electron chi connectivity index (χ2n) is 8.75. The topological polar surface area (TPSA) is 24.9 Å². The summed E-state index contributed by atoms with van der Waals surface area (Å²) >= 11 is 0. The van der Waals surface area contributed by atoms with Gasteiger partial charge in [0, 0.05) is 38.8 Å². The van der Waals surface area contributed by atoms with E-state index in [4.69, 9.17) is 9.47 Å². The summed E-state index contributed by atoms with van der Waals surface area (Å²) in [6.07, 6.45) is 2.39. The lowest BCUT2D eigenvalue weighted by atomic mass is 9.97. The van der Waals surface area contributed by atoms with E-state index in [1.165, 1.54) is 22.3 Å². The monoisotopic (exact) mass is 456 g/mol. The summed E-state index contributed by atoms with van der Waals surface area (Å²) < 4.78 is 10.9. The first-order valence-corrected chi connectivity index (χ1v) is 12.2. The molecule has 178 valence electrons. The lowest BCUT2D eigenvalue weighted by Crippen LogP contribution is -2.42. The molecule has 4 rings (SSSR count). The minimum atomic E-state index is 0.288. The Balaban J connectivity index is 1.58. The lowest BCUT2D eigenvalue weighted by molar-refractivity contribution is 0.0320. The first-order valence-electron chi connectivity index (χ1n) is 12.2. The molecule has 1 saturated heterocycles. The van der Waals surface area contributed by atoms with Crippen LogP contribution in [0, 0.1) is 0 Å². The largest absolute Gasteiger partial charge is 0.497 e.